The van der Waals surface area contributed by atoms with Gasteiger partial charge in [-0.3, -0.25) is 0 Å². The molecule has 0 spiro atoms. The van der Waals surface area contributed by atoms with E-state index >= 15 is 0 Å². The Kier molecular flexibility index (Phi) is 2.66. The third-order valence-electron chi connectivity index (χ3n) is 1.76. The first kappa shape index (κ1) is 10.1. The summed E-state index contributed by atoms with van der Waals surface area (Å²) >= 11 is 5.69. The van der Waals surface area contributed by atoms with E-state index in [2.05, 4.69) is 15.1 Å². The van der Waals surface area contributed by atoms with Crippen LogP contribution in [0.1, 0.15) is 18.9 Å². The van der Waals surface area contributed by atoms with Crippen LogP contribution in [0, 0.1) is 0 Å². The predicted octanol–water partition coefficient (Wildman–Crippen LogP) is 1.84. The van der Waals surface area contributed by atoms with Crippen molar-refractivity contribution in [2.75, 3.05) is 0 Å². The van der Waals surface area contributed by atoms with Crippen LogP contribution in [0.15, 0.2) is 22.9 Å². The molecule has 0 radical (unpaired) electrons. The van der Waals surface area contributed by atoms with Crippen LogP contribution in [0.3, 0.4) is 0 Å². The zero-order valence-electron chi connectivity index (χ0n) is 7.88. The SMILES string of the molecule is CC(O)c1noc(-c2ccc(Cl)cn2)n1. The fourth-order valence-electron chi connectivity index (χ4n) is 1.01. The first-order valence-corrected chi connectivity index (χ1v) is 4.68. The average Bonchev–Trinajstić information content (AvgIpc) is 2.68. The molecule has 6 heteroatoms. The van der Waals surface area contributed by atoms with Crippen molar-refractivity contribution in [3.63, 3.8) is 0 Å². The molecule has 0 fully saturated rings. The summed E-state index contributed by atoms with van der Waals surface area (Å²) in [5, 5.41) is 13.3. The largest absolute Gasteiger partial charge is 0.385 e. The molecule has 0 aliphatic rings. The molecule has 0 amide bonds. The molecular weight excluding hydrogens is 218 g/mol. The van der Waals surface area contributed by atoms with E-state index in [-0.39, 0.29) is 11.7 Å². The number of aromatic nitrogens is 3. The second kappa shape index (κ2) is 3.96. The maximum Gasteiger partial charge on any atom is 0.276 e. The molecule has 2 aromatic heterocycles. The second-order valence-corrected chi connectivity index (χ2v) is 3.43. The summed E-state index contributed by atoms with van der Waals surface area (Å²) in [5.41, 5.74) is 0.527. The Bertz CT molecular complexity index is 453. The smallest absolute Gasteiger partial charge is 0.276 e. The van der Waals surface area contributed by atoms with Crippen LogP contribution in [0.5, 0.6) is 0 Å². The molecule has 2 aromatic rings. The number of aliphatic hydroxyl groups excluding tert-OH is 1. The lowest BCUT2D eigenvalue weighted by Crippen LogP contribution is -1.93. The van der Waals surface area contributed by atoms with Gasteiger partial charge in [0.2, 0.25) is 0 Å². The van der Waals surface area contributed by atoms with E-state index in [0.29, 0.717) is 10.7 Å². The molecule has 1 atom stereocenters. The van der Waals surface area contributed by atoms with Crippen molar-refractivity contribution in [2.24, 2.45) is 0 Å². The first-order valence-electron chi connectivity index (χ1n) is 4.30. The van der Waals surface area contributed by atoms with E-state index in [1.54, 1.807) is 19.1 Å². The van der Waals surface area contributed by atoms with Crippen LogP contribution < -0.4 is 0 Å². The Morgan fingerprint density at radius 3 is 2.80 bits per heavy atom. The van der Waals surface area contributed by atoms with E-state index in [1.807, 2.05) is 0 Å². The highest BCUT2D eigenvalue weighted by Gasteiger charge is 2.12. The molecule has 0 saturated carbocycles. The number of pyridine rings is 1. The lowest BCUT2D eigenvalue weighted by Gasteiger charge is -1.93. The molecule has 0 aliphatic heterocycles. The number of hydrogen-bond acceptors (Lipinski definition) is 5. The molecule has 5 nitrogen and oxygen atoms in total. The normalized spacial score (nSPS) is 12.7. The van der Waals surface area contributed by atoms with Gasteiger partial charge < -0.3 is 9.63 Å². The van der Waals surface area contributed by atoms with Crippen LogP contribution in [-0.4, -0.2) is 20.2 Å². The number of rotatable bonds is 2. The van der Waals surface area contributed by atoms with Crippen molar-refractivity contribution in [2.45, 2.75) is 13.0 Å². The quantitative estimate of drug-likeness (QED) is 0.844. The molecule has 2 heterocycles. The highest BCUT2D eigenvalue weighted by atomic mass is 35.5. The van der Waals surface area contributed by atoms with Crippen LogP contribution in [0.2, 0.25) is 5.02 Å². The van der Waals surface area contributed by atoms with Crippen molar-refractivity contribution in [3.8, 4) is 11.6 Å². The topological polar surface area (TPSA) is 72.0 Å². The van der Waals surface area contributed by atoms with Gasteiger partial charge in [-0.15, -0.1) is 0 Å². The minimum atomic E-state index is -0.755. The van der Waals surface area contributed by atoms with Crippen LogP contribution in [0.25, 0.3) is 11.6 Å². The zero-order valence-corrected chi connectivity index (χ0v) is 8.64. The number of nitrogens with zero attached hydrogens (tertiary/aromatic N) is 3. The van der Waals surface area contributed by atoms with Crippen molar-refractivity contribution in [3.05, 3.63) is 29.2 Å². The van der Waals surface area contributed by atoms with Gasteiger partial charge in [0.05, 0.1) is 5.02 Å². The maximum atomic E-state index is 9.20. The molecule has 0 aromatic carbocycles. The fourth-order valence-corrected chi connectivity index (χ4v) is 1.12. The van der Waals surface area contributed by atoms with Gasteiger partial charge in [0.1, 0.15) is 11.8 Å². The summed E-state index contributed by atoms with van der Waals surface area (Å²) in [6.07, 6.45) is 0.734. The van der Waals surface area contributed by atoms with E-state index in [0.717, 1.165) is 0 Å². The molecular formula is C9H8ClN3O2. The van der Waals surface area contributed by atoms with Gasteiger partial charge in [-0.2, -0.15) is 4.98 Å². The van der Waals surface area contributed by atoms with E-state index in [9.17, 15) is 5.11 Å². The van der Waals surface area contributed by atoms with Crippen molar-refractivity contribution >= 4 is 11.6 Å². The predicted molar refractivity (Wildman–Crippen MR) is 53.2 cm³/mol. The Morgan fingerprint density at radius 2 is 2.27 bits per heavy atom. The highest BCUT2D eigenvalue weighted by Crippen LogP contribution is 2.18. The van der Waals surface area contributed by atoms with Gasteiger partial charge in [0, 0.05) is 6.20 Å². The van der Waals surface area contributed by atoms with E-state index in [4.69, 9.17) is 16.1 Å². The van der Waals surface area contributed by atoms with Gasteiger partial charge in [0.15, 0.2) is 5.82 Å². The number of halogens is 1. The van der Waals surface area contributed by atoms with Crippen molar-refractivity contribution in [1.82, 2.24) is 15.1 Å². The van der Waals surface area contributed by atoms with E-state index < -0.39 is 6.10 Å². The van der Waals surface area contributed by atoms with Crippen LogP contribution in [-0.2, 0) is 0 Å². The monoisotopic (exact) mass is 225 g/mol. The van der Waals surface area contributed by atoms with Gasteiger partial charge in [0.25, 0.3) is 5.89 Å². The third kappa shape index (κ3) is 2.14. The molecule has 0 saturated heterocycles. The summed E-state index contributed by atoms with van der Waals surface area (Å²) < 4.78 is 4.93. The Morgan fingerprint density at radius 1 is 1.47 bits per heavy atom. The molecule has 1 N–H and O–H groups in total. The Labute approximate surface area is 90.7 Å². The molecule has 78 valence electrons. The first-order chi connectivity index (χ1) is 7.16. The van der Waals surface area contributed by atoms with Crippen molar-refractivity contribution in [1.29, 1.82) is 0 Å². The molecule has 15 heavy (non-hydrogen) atoms. The van der Waals surface area contributed by atoms with Gasteiger partial charge >= 0.3 is 0 Å². The van der Waals surface area contributed by atoms with Crippen LogP contribution in [0.4, 0.5) is 0 Å². The second-order valence-electron chi connectivity index (χ2n) is 3.00. The molecule has 1 unspecified atom stereocenters. The summed E-state index contributed by atoms with van der Waals surface area (Å²) in [4.78, 5) is 7.99. The van der Waals surface area contributed by atoms with Gasteiger partial charge in [-0.25, -0.2) is 4.98 Å². The summed E-state index contributed by atoms with van der Waals surface area (Å²) in [7, 11) is 0. The lowest BCUT2D eigenvalue weighted by molar-refractivity contribution is 0.184. The van der Waals surface area contributed by atoms with Gasteiger partial charge in [-0.1, -0.05) is 16.8 Å². The van der Waals surface area contributed by atoms with Crippen LogP contribution >= 0.6 is 11.6 Å². The Balaban J connectivity index is 2.33. The zero-order chi connectivity index (χ0) is 10.8. The molecule has 0 aliphatic carbocycles. The number of hydrogen-bond donors (Lipinski definition) is 1. The molecule has 0 bridgehead atoms. The lowest BCUT2D eigenvalue weighted by atomic mass is 10.3. The third-order valence-corrected chi connectivity index (χ3v) is 1.99. The number of aliphatic hydroxyl groups is 1. The van der Waals surface area contributed by atoms with E-state index in [1.165, 1.54) is 6.20 Å². The maximum absolute atomic E-state index is 9.20. The standard InChI is InChI=1S/C9H8ClN3O2/c1-5(14)8-12-9(15-13-8)7-3-2-6(10)4-11-7/h2-5,14H,1H3. The summed E-state index contributed by atoms with van der Waals surface area (Å²) in [6, 6.07) is 3.35. The summed E-state index contributed by atoms with van der Waals surface area (Å²) in [5.74, 6) is 0.504. The minimum absolute atomic E-state index is 0.238. The Hall–Kier alpha value is -1.46. The van der Waals surface area contributed by atoms with Gasteiger partial charge in [-0.05, 0) is 19.1 Å². The average molecular weight is 226 g/mol. The highest BCUT2D eigenvalue weighted by molar-refractivity contribution is 6.30. The van der Waals surface area contributed by atoms with Crippen molar-refractivity contribution < 1.29 is 9.63 Å². The minimum Gasteiger partial charge on any atom is -0.385 e. The summed E-state index contributed by atoms with van der Waals surface area (Å²) in [6.45, 7) is 1.56. The fraction of sp³-hybridized carbons (Fsp3) is 0.222. The molecule has 2 rings (SSSR count).